The Morgan fingerprint density at radius 2 is 1.67 bits per heavy atom. The molecule has 1 saturated carbocycles. The van der Waals surface area contributed by atoms with Crippen LogP contribution in [0.25, 0.3) is 0 Å². The SMILES string of the molecule is COc1ccc(C2C3=CCC4C(=O)N(C5CCN(Cc6ccccc6)CC5)C(=O)C4C3CC3(Cl)C(=O)N(C)C(=O)C23Cl)c(O)c1. The maximum atomic E-state index is 14.3. The highest BCUT2D eigenvalue weighted by Crippen LogP contribution is 2.66. The van der Waals surface area contributed by atoms with E-state index in [1.54, 1.807) is 12.1 Å². The molecule has 9 nitrogen and oxygen atoms in total. The second-order valence-corrected chi connectivity index (χ2v) is 14.2. The zero-order chi connectivity index (χ0) is 31.8. The molecule has 0 spiro atoms. The van der Waals surface area contributed by atoms with Crippen LogP contribution in [0.3, 0.4) is 0 Å². The van der Waals surface area contributed by atoms with Crippen LogP contribution in [0.15, 0.2) is 60.2 Å². The summed E-state index contributed by atoms with van der Waals surface area (Å²) in [6, 6.07) is 14.7. The number of aromatic hydroxyl groups is 1. The molecule has 3 saturated heterocycles. The molecule has 4 amide bonds. The summed E-state index contributed by atoms with van der Waals surface area (Å²) in [5, 5.41) is 11.2. The molecule has 2 aromatic rings. The average molecular weight is 653 g/mol. The summed E-state index contributed by atoms with van der Waals surface area (Å²) in [6.07, 6.45) is 3.46. The molecule has 2 aromatic carbocycles. The number of ether oxygens (including phenoxy) is 1. The lowest BCUT2D eigenvalue weighted by molar-refractivity contribution is -0.144. The Hall–Kier alpha value is -3.40. The number of methoxy groups -OCH3 is 1. The second kappa shape index (κ2) is 10.9. The minimum Gasteiger partial charge on any atom is -0.508 e. The number of phenols is 1. The largest absolute Gasteiger partial charge is 0.508 e. The van der Waals surface area contributed by atoms with Crippen molar-refractivity contribution < 1.29 is 29.0 Å². The molecule has 0 bridgehead atoms. The highest BCUT2D eigenvalue weighted by molar-refractivity contribution is 6.53. The third-order valence-electron chi connectivity index (χ3n) is 10.8. The van der Waals surface area contributed by atoms with E-state index in [-0.39, 0.29) is 36.4 Å². The number of halogens is 2. The van der Waals surface area contributed by atoms with Gasteiger partial charge in [-0.2, -0.15) is 0 Å². The van der Waals surface area contributed by atoms with Gasteiger partial charge in [0, 0.05) is 50.3 Å². The molecule has 2 aliphatic carbocycles. The van der Waals surface area contributed by atoms with Gasteiger partial charge in [-0.1, -0.05) is 48.0 Å². The zero-order valence-electron chi connectivity index (χ0n) is 25.1. The van der Waals surface area contributed by atoms with Crippen LogP contribution in [-0.4, -0.2) is 86.5 Å². The minimum atomic E-state index is -1.95. The van der Waals surface area contributed by atoms with Gasteiger partial charge >= 0.3 is 0 Å². The molecule has 3 heterocycles. The Labute approximate surface area is 271 Å². The molecule has 7 rings (SSSR count). The number of hydrogen-bond acceptors (Lipinski definition) is 7. The molecule has 0 radical (unpaired) electrons. The number of amides is 4. The molecular formula is C34H35Cl2N3O6. The number of piperidine rings is 1. The van der Waals surface area contributed by atoms with Gasteiger partial charge in [-0.3, -0.25) is 33.9 Å². The second-order valence-electron chi connectivity index (χ2n) is 13.0. The minimum absolute atomic E-state index is 0.0736. The van der Waals surface area contributed by atoms with Crippen molar-refractivity contribution in [2.45, 2.75) is 53.9 Å². The van der Waals surface area contributed by atoms with E-state index < -0.39 is 45.2 Å². The van der Waals surface area contributed by atoms with Gasteiger partial charge in [-0.25, -0.2) is 0 Å². The Bertz CT molecular complexity index is 1620. The van der Waals surface area contributed by atoms with Gasteiger partial charge in [0.2, 0.25) is 11.8 Å². The number of nitrogens with zero attached hydrogens (tertiary/aromatic N) is 3. The van der Waals surface area contributed by atoms with E-state index in [2.05, 4.69) is 17.0 Å². The normalized spacial score (nSPS) is 33.6. The van der Waals surface area contributed by atoms with E-state index >= 15 is 0 Å². The van der Waals surface area contributed by atoms with Gasteiger partial charge in [-0.05, 0) is 43.2 Å². The van der Waals surface area contributed by atoms with Crippen molar-refractivity contribution in [1.29, 1.82) is 0 Å². The number of carbonyl (C=O) groups excluding carboxylic acids is 4. The summed E-state index contributed by atoms with van der Waals surface area (Å²) in [5.41, 5.74) is 2.18. The van der Waals surface area contributed by atoms with Gasteiger partial charge in [0.1, 0.15) is 11.5 Å². The molecule has 5 aliphatic rings. The fourth-order valence-electron chi connectivity index (χ4n) is 8.55. The molecular weight excluding hydrogens is 617 g/mol. The number of allylic oxidation sites excluding steroid dienone is 2. The lowest BCUT2D eigenvalue weighted by Gasteiger charge is -2.50. The smallest absolute Gasteiger partial charge is 0.253 e. The predicted octanol–water partition coefficient (Wildman–Crippen LogP) is 4.05. The molecule has 0 aromatic heterocycles. The molecule has 6 unspecified atom stereocenters. The Balaban J connectivity index is 1.21. The van der Waals surface area contributed by atoms with Crippen LogP contribution in [0.4, 0.5) is 0 Å². The standard InChI is InChI=1S/C34H35Cl2N3O6/c1-37-31(43)33(35)17-25-22(28(34(33,36)32(37)44)23-9-8-21(45-2)16-26(23)40)10-11-24-27(25)30(42)39(29(24)41)20-12-14-38(15-13-20)18-19-6-4-3-5-7-19/h3-10,16,20,24-25,27-28,40H,11-15,17-18H2,1-2H3. The van der Waals surface area contributed by atoms with Crippen molar-refractivity contribution in [2.24, 2.45) is 17.8 Å². The van der Waals surface area contributed by atoms with E-state index in [1.807, 2.05) is 24.3 Å². The number of rotatable bonds is 5. The first-order valence-corrected chi connectivity index (χ1v) is 16.2. The highest BCUT2D eigenvalue weighted by Gasteiger charge is 2.76. The van der Waals surface area contributed by atoms with Crippen LogP contribution in [-0.2, 0) is 25.7 Å². The Morgan fingerprint density at radius 1 is 0.956 bits per heavy atom. The maximum absolute atomic E-state index is 14.3. The molecule has 236 valence electrons. The van der Waals surface area contributed by atoms with E-state index in [9.17, 15) is 24.3 Å². The number of phenolic OH excluding ortho intramolecular Hbond substituents is 1. The predicted molar refractivity (Wildman–Crippen MR) is 167 cm³/mol. The lowest BCUT2D eigenvalue weighted by Crippen LogP contribution is -2.60. The molecule has 4 fully saturated rings. The third-order valence-corrected chi connectivity index (χ3v) is 12.2. The monoisotopic (exact) mass is 651 g/mol. The first kappa shape index (κ1) is 30.3. The van der Waals surface area contributed by atoms with Gasteiger partial charge in [0.15, 0.2) is 9.75 Å². The Kier molecular flexibility index (Phi) is 7.30. The third kappa shape index (κ3) is 4.30. The molecule has 45 heavy (non-hydrogen) atoms. The highest BCUT2D eigenvalue weighted by atomic mass is 35.5. The van der Waals surface area contributed by atoms with Crippen LogP contribution in [0, 0.1) is 17.8 Å². The van der Waals surface area contributed by atoms with E-state index in [0.29, 0.717) is 29.7 Å². The number of benzene rings is 2. The van der Waals surface area contributed by atoms with Crippen LogP contribution in [0.2, 0.25) is 0 Å². The number of imide groups is 2. The van der Waals surface area contributed by atoms with Crippen LogP contribution in [0.5, 0.6) is 11.5 Å². The maximum Gasteiger partial charge on any atom is 0.253 e. The van der Waals surface area contributed by atoms with Crippen LogP contribution < -0.4 is 4.74 Å². The van der Waals surface area contributed by atoms with Gasteiger partial charge in [0.25, 0.3) is 11.8 Å². The topological polar surface area (TPSA) is 107 Å². The van der Waals surface area contributed by atoms with Crippen molar-refractivity contribution in [3.05, 3.63) is 71.3 Å². The summed E-state index contributed by atoms with van der Waals surface area (Å²) in [7, 11) is 2.82. The van der Waals surface area contributed by atoms with E-state index in [4.69, 9.17) is 27.9 Å². The molecule has 6 atom stereocenters. The van der Waals surface area contributed by atoms with E-state index in [0.717, 1.165) is 24.5 Å². The zero-order valence-corrected chi connectivity index (χ0v) is 26.6. The van der Waals surface area contributed by atoms with Gasteiger partial charge < -0.3 is 9.84 Å². The molecule has 11 heteroatoms. The van der Waals surface area contributed by atoms with Crippen molar-refractivity contribution in [2.75, 3.05) is 27.2 Å². The van der Waals surface area contributed by atoms with Crippen molar-refractivity contribution in [3.8, 4) is 11.5 Å². The summed E-state index contributed by atoms with van der Waals surface area (Å²) in [4.78, 5) is 56.6. The summed E-state index contributed by atoms with van der Waals surface area (Å²) < 4.78 is 5.27. The molecule has 1 N–H and O–H groups in total. The summed E-state index contributed by atoms with van der Waals surface area (Å²) in [6.45, 7) is 2.34. The number of likely N-dealkylation sites (tertiary alicyclic amines) is 3. The summed E-state index contributed by atoms with van der Waals surface area (Å²) >= 11 is 14.4. The molecule has 3 aliphatic heterocycles. The average Bonchev–Trinajstić information content (AvgIpc) is 3.37. The van der Waals surface area contributed by atoms with Gasteiger partial charge in [-0.15, -0.1) is 23.2 Å². The van der Waals surface area contributed by atoms with Crippen molar-refractivity contribution in [1.82, 2.24) is 14.7 Å². The van der Waals surface area contributed by atoms with E-state index in [1.165, 1.54) is 30.7 Å². The number of fused-ring (bicyclic) bond motifs is 4. The first-order valence-electron chi connectivity index (χ1n) is 15.4. The first-order chi connectivity index (χ1) is 21.5. The van der Waals surface area contributed by atoms with Crippen molar-refractivity contribution >= 4 is 46.8 Å². The lowest BCUT2D eigenvalue weighted by atomic mass is 9.56. The number of hydrogen-bond donors (Lipinski definition) is 1. The van der Waals surface area contributed by atoms with Crippen LogP contribution in [0.1, 0.15) is 42.7 Å². The quantitative estimate of drug-likeness (QED) is 0.295. The Morgan fingerprint density at radius 3 is 2.33 bits per heavy atom. The fourth-order valence-corrected chi connectivity index (χ4v) is 9.56. The summed E-state index contributed by atoms with van der Waals surface area (Å²) in [5.74, 6) is -4.50. The fraction of sp³-hybridized carbons (Fsp3) is 0.471. The number of alkyl halides is 2. The van der Waals surface area contributed by atoms with Crippen LogP contribution >= 0.6 is 23.2 Å². The van der Waals surface area contributed by atoms with Gasteiger partial charge in [0.05, 0.1) is 18.9 Å². The number of carbonyl (C=O) groups is 4. The van der Waals surface area contributed by atoms with Crippen molar-refractivity contribution in [3.63, 3.8) is 0 Å².